The highest BCUT2D eigenvalue weighted by Crippen LogP contribution is 2.40. The number of fused-ring (bicyclic) bond motifs is 1. The first-order chi connectivity index (χ1) is 7.18. The molecule has 0 aromatic carbocycles. The summed E-state index contributed by atoms with van der Waals surface area (Å²) >= 11 is 5.89. The lowest BCUT2D eigenvalue weighted by Gasteiger charge is -2.21. The van der Waals surface area contributed by atoms with E-state index in [0.29, 0.717) is 5.03 Å². The molecule has 2 aliphatic rings. The first-order valence-corrected chi connectivity index (χ1v) is 6.98. The van der Waals surface area contributed by atoms with Crippen LogP contribution in [-0.2, 0) is 23.8 Å². The van der Waals surface area contributed by atoms with Crippen LogP contribution >= 0.6 is 11.6 Å². The van der Waals surface area contributed by atoms with Gasteiger partial charge in [0.05, 0.1) is 6.26 Å². The van der Waals surface area contributed by atoms with Gasteiger partial charge in [-0.1, -0.05) is 11.6 Å². The van der Waals surface area contributed by atoms with Crippen LogP contribution in [0.15, 0.2) is 11.1 Å². The molecule has 0 aromatic rings. The smallest absolute Gasteiger partial charge is 0.265 e. The largest absolute Gasteiger partial charge is 0.341 e. The van der Waals surface area contributed by atoms with Gasteiger partial charge in [0.25, 0.3) is 10.1 Å². The van der Waals surface area contributed by atoms with Crippen molar-refractivity contribution in [3.05, 3.63) is 11.1 Å². The summed E-state index contributed by atoms with van der Waals surface area (Å²) in [4.78, 5) is 0. The molecule has 3 atom stereocenters. The van der Waals surface area contributed by atoms with Crippen molar-refractivity contribution >= 4 is 21.7 Å². The molecule has 0 unspecified atom stereocenters. The van der Waals surface area contributed by atoms with Crippen LogP contribution in [0.2, 0.25) is 0 Å². The molecule has 2 rings (SSSR count). The van der Waals surface area contributed by atoms with E-state index in [9.17, 15) is 8.42 Å². The highest BCUT2D eigenvalue weighted by molar-refractivity contribution is 7.86. The Morgan fingerprint density at radius 1 is 1.44 bits per heavy atom. The zero-order chi connectivity index (χ0) is 12.1. The van der Waals surface area contributed by atoms with Gasteiger partial charge < -0.3 is 9.47 Å². The summed E-state index contributed by atoms with van der Waals surface area (Å²) < 4.78 is 38.1. The Morgan fingerprint density at radius 3 is 2.62 bits per heavy atom. The highest BCUT2D eigenvalue weighted by atomic mass is 35.5. The third-order valence-electron chi connectivity index (χ3n) is 2.34. The van der Waals surface area contributed by atoms with Crippen molar-refractivity contribution in [3.63, 3.8) is 0 Å². The standard InChI is InChI=1S/C9H13ClO5S/c1-9(2)13-6-4-5(10)7(8(6)14-9)15-16(3,11)12/h4,6-8H,1-3H3/t6-,7+,8-/m1/s1. The molecule has 1 aliphatic heterocycles. The van der Waals surface area contributed by atoms with Crippen molar-refractivity contribution in [2.45, 2.75) is 37.9 Å². The van der Waals surface area contributed by atoms with Gasteiger partial charge in [-0.05, 0) is 19.9 Å². The molecule has 0 amide bonds. The maximum atomic E-state index is 11.1. The topological polar surface area (TPSA) is 61.8 Å². The lowest BCUT2D eigenvalue weighted by molar-refractivity contribution is -0.150. The van der Waals surface area contributed by atoms with Crippen LogP contribution in [0.5, 0.6) is 0 Å². The van der Waals surface area contributed by atoms with Gasteiger partial charge >= 0.3 is 0 Å². The van der Waals surface area contributed by atoms with Crippen LogP contribution in [0.1, 0.15) is 13.8 Å². The number of hydrogen-bond donors (Lipinski definition) is 0. The summed E-state index contributed by atoms with van der Waals surface area (Å²) in [6.07, 6.45) is 0.942. The number of rotatable bonds is 2. The second kappa shape index (κ2) is 3.68. The van der Waals surface area contributed by atoms with E-state index in [1.54, 1.807) is 19.9 Å². The Hall–Kier alpha value is -0.140. The molecule has 1 aliphatic carbocycles. The lowest BCUT2D eigenvalue weighted by atomic mass is 10.2. The Balaban J connectivity index is 2.19. The molecule has 1 fully saturated rings. The van der Waals surface area contributed by atoms with E-state index in [1.807, 2.05) is 0 Å². The molecule has 0 radical (unpaired) electrons. The maximum absolute atomic E-state index is 11.1. The predicted molar refractivity (Wildman–Crippen MR) is 57.5 cm³/mol. The molecule has 0 N–H and O–H groups in total. The van der Waals surface area contributed by atoms with E-state index in [1.165, 1.54) is 0 Å². The molecule has 1 heterocycles. The molecule has 0 spiro atoms. The summed E-state index contributed by atoms with van der Waals surface area (Å²) in [5.74, 6) is -0.747. The van der Waals surface area contributed by atoms with Crippen molar-refractivity contribution in [1.82, 2.24) is 0 Å². The summed E-state index contributed by atoms with van der Waals surface area (Å²) in [6, 6.07) is 0. The predicted octanol–water partition coefficient (Wildman–Crippen LogP) is 0.988. The fraction of sp³-hybridized carbons (Fsp3) is 0.778. The van der Waals surface area contributed by atoms with Crippen molar-refractivity contribution in [3.8, 4) is 0 Å². The Morgan fingerprint density at radius 2 is 2.06 bits per heavy atom. The first kappa shape index (κ1) is 12.3. The molecule has 7 heteroatoms. The van der Waals surface area contributed by atoms with Gasteiger partial charge in [0.2, 0.25) is 0 Å². The van der Waals surface area contributed by atoms with Gasteiger partial charge in [0, 0.05) is 5.03 Å². The third kappa shape index (κ3) is 2.41. The summed E-state index contributed by atoms with van der Waals surface area (Å²) in [5, 5.41) is 0.302. The fourth-order valence-electron chi connectivity index (χ4n) is 1.88. The van der Waals surface area contributed by atoms with E-state index in [0.717, 1.165) is 6.26 Å². The van der Waals surface area contributed by atoms with Gasteiger partial charge in [-0.3, -0.25) is 4.18 Å². The van der Waals surface area contributed by atoms with Crippen molar-refractivity contribution in [1.29, 1.82) is 0 Å². The first-order valence-electron chi connectivity index (χ1n) is 4.79. The van der Waals surface area contributed by atoms with Gasteiger partial charge in [-0.2, -0.15) is 8.42 Å². The molecule has 0 saturated carbocycles. The van der Waals surface area contributed by atoms with Gasteiger partial charge in [-0.15, -0.1) is 0 Å². The average Bonchev–Trinajstić information content (AvgIpc) is 2.45. The molecule has 5 nitrogen and oxygen atoms in total. The maximum Gasteiger partial charge on any atom is 0.265 e. The Bertz CT molecular complexity index is 427. The van der Waals surface area contributed by atoms with Crippen LogP contribution in [0.3, 0.4) is 0 Å². The van der Waals surface area contributed by atoms with E-state index in [2.05, 4.69) is 0 Å². The average molecular weight is 269 g/mol. The van der Waals surface area contributed by atoms with Crippen molar-refractivity contribution in [2.24, 2.45) is 0 Å². The van der Waals surface area contributed by atoms with Crippen LogP contribution in [0.4, 0.5) is 0 Å². The van der Waals surface area contributed by atoms with E-state index < -0.39 is 28.1 Å². The third-order valence-corrected chi connectivity index (χ3v) is 3.23. The van der Waals surface area contributed by atoms with Crippen molar-refractivity contribution in [2.75, 3.05) is 6.26 Å². The number of halogens is 1. The molecular formula is C9H13ClO5S. The monoisotopic (exact) mass is 268 g/mol. The zero-order valence-corrected chi connectivity index (χ0v) is 10.7. The highest BCUT2D eigenvalue weighted by Gasteiger charge is 2.50. The van der Waals surface area contributed by atoms with Crippen LogP contribution in [-0.4, -0.2) is 38.8 Å². The lowest BCUT2D eigenvalue weighted by Crippen LogP contribution is -2.33. The second-order valence-electron chi connectivity index (χ2n) is 4.34. The molecule has 1 saturated heterocycles. The summed E-state index contributed by atoms with van der Waals surface area (Å²) in [6.45, 7) is 3.51. The minimum absolute atomic E-state index is 0.302. The second-order valence-corrected chi connectivity index (χ2v) is 6.37. The number of hydrogen-bond acceptors (Lipinski definition) is 5. The number of ether oxygens (including phenoxy) is 2. The Kier molecular flexibility index (Phi) is 2.83. The molecule has 0 aromatic heterocycles. The molecule has 0 bridgehead atoms. The van der Waals surface area contributed by atoms with Gasteiger partial charge in [0.15, 0.2) is 5.79 Å². The summed E-state index contributed by atoms with van der Waals surface area (Å²) in [7, 11) is -3.58. The van der Waals surface area contributed by atoms with Crippen LogP contribution < -0.4 is 0 Å². The minimum Gasteiger partial charge on any atom is -0.341 e. The fourth-order valence-corrected chi connectivity index (χ4v) is 2.81. The van der Waals surface area contributed by atoms with E-state index in [4.69, 9.17) is 25.3 Å². The van der Waals surface area contributed by atoms with E-state index in [-0.39, 0.29) is 6.10 Å². The zero-order valence-electron chi connectivity index (χ0n) is 9.14. The quantitative estimate of drug-likeness (QED) is 0.699. The normalized spacial score (nSPS) is 37.2. The molecule has 16 heavy (non-hydrogen) atoms. The van der Waals surface area contributed by atoms with Crippen LogP contribution in [0.25, 0.3) is 0 Å². The Labute approximate surface area is 99.4 Å². The minimum atomic E-state index is -3.58. The van der Waals surface area contributed by atoms with E-state index >= 15 is 0 Å². The SMILES string of the molecule is CC1(C)O[C@@H]2[C@@H](C=C(Cl)[C@@H]2OS(C)(=O)=O)O1. The van der Waals surface area contributed by atoms with Gasteiger partial charge in [-0.25, -0.2) is 0 Å². The van der Waals surface area contributed by atoms with Crippen molar-refractivity contribution < 1.29 is 22.1 Å². The van der Waals surface area contributed by atoms with Crippen LogP contribution in [0, 0.1) is 0 Å². The molecular weight excluding hydrogens is 256 g/mol. The van der Waals surface area contributed by atoms with Gasteiger partial charge in [0.1, 0.15) is 18.3 Å². The molecule has 92 valence electrons. The summed E-state index contributed by atoms with van der Waals surface area (Å²) in [5.41, 5.74) is 0.